The van der Waals surface area contributed by atoms with Gasteiger partial charge < -0.3 is 20.5 Å². The van der Waals surface area contributed by atoms with Gasteiger partial charge in [-0.2, -0.15) is 0 Å². The molecule has 4 aromatic heterocycles. The van der Waals surface area contributed by atoms with Crippen molar-refractivity contribution < 1.29 is 18.6 Å². The number of nitrogens with one attached hydrogen (secondary N) is 2. The molecule has 0 unspecified atom stereocenters. The number of halogens is 2. The summed E-state index contributed by atoms with van der Waals surface area (Å²) in [7, 11) is 1.52. The van der Waals surface area contributed by atoms with E-state index in [2.05, 4.69) is 40.5 Å². The number of phenols is 1. The van der Waals surface area contributed by atoms with E-state index >= 15 is 0 Å². The fraction of sp³-hybridized carbons (Fsp3) is 0.185. The Morgan fingerprint density at radius 2 is 1.27 bits per heavy atom. The first kappa shape index (κ1) is 28.0. The third-order valence-corrected chi connectivity index (χ3v) is 7.41. The summed E-state index contributed by atoms with van der Waals surface area (Å²) < 4.78 is 32.4. The monoisotopic (exact) mass is 594 g/mol. The van der Waals surface area contributed by atoms with E-state index in [4.69, 9.17) is 9.84 Å². The summed E-state index contributed by atoms with van der Waals surface area (Å²) in [5, 5.41) is 15.5. The molecule has 0 spiro atoms. The van der Waals surface area contributed by atoms with E-state index in [1.54, 1.807) is 29.2 Å². The Labute approximate surface area is 241 Å². The number of rotatable bonds is 9. The van der Waals surface area contributed by atoms with Crippen molar-refractivity contribution in [1.29, 1.82) is 0 Å². The summed E-state index contributed by atoms with van der Waals surface area (Å²) in [5.41, 5.74) is 6.09. The van der Waals surface area contributed by atoms with E-state index in [9.17, 15) is 8.78 Å². The Bertz CT molecular complexity index is 1760. The number of aromatic nitrogens is 6. The molecule has 6 aromatic rings. The van der Waals surface area contributed by atoms with Crippen LogP contribution in [0.5, 0.6) is 11.5 Å². The van der Waals surface area contributed by atoms with E-state index in [0.29, 0.717) is 54.4 Å². The normalized spacial score (nSPS) is 10.8. The van der Waals surface area contributed by atoms with Gasteiger partial charge in [0, 0.05) is 25.2 Å². The van der Waals surface area contributed by atoms with Crippen molar-refractivity contribution in [3.05, 3.63) is 82.8 Å². The lowest BCUT2D eigenvalue weighted by atomic mass is 10.1. The Morgan fingerprint density at radius 1 is 0.732 bits per heavy atom. The Morgan fingerprint density at radius 3 is 1.78 bits per heavy atom. The molecule has 3 N–H and O–H groups in total. The molecule has 0 saturated heterocycles. The third-order valence-electron chi connectivity index (χ3n) is 5.94. The summed E-state index contributed by atoms with van der Waals surface area (Å²) in [6.45, 7) is 1.08. The molecule has 4 heterocycles. The first-order valence-corrected chi connectivity index (χ1v) is 14.1. The van der Waals surface area contributed by atoms with Crippen molar-refractivity contribution in [2.75, 3.05) is 30.8 Å². The molecular formula is C27H24F2N8O2S2. The molecule has 210 valence electrons. The maximum absolute atomic E-state index is 13.8. The average Bonchev–Trinajstić information content (AvgIpc) is 3.66. The van der Waals surface area contributed by atoms with Gasteiger partial charge in [0.2, 0.25) is 0 Å². The van der Waals surface area contributed by atoms with Gasteiger partial charge in [0.15, 0.2) is 11.6 Å². The van der Waals surface area contributed by atoms with Crippen molar-refractivity contribution in [2.45, 2.75) is 12.8 Å². The largest absolute Gasteiger partial charge is 0.508 e. The van der Waals surface area contributed by atoms with Crippen molar-refractivity contribution in [3.63, 3.8) is 0 Å². The first-order chi connectivity index (χ1) is 20.0. The second-order valence-electron chi connectivity index (χ2n) is 8.54. The number of anilines is 2. The van der Waals surface area contributed by atoms with Gasteiger partial charge in [-0.25, -0.2) is 38.7 Å². The number of ether oxygens (including phenoxy) is 1. The molecule has 0 aliphatic heterocycles. The van der Waals surface area contributed by atoms with Crippen molar-refractivity contribution >= 4 is 55.0 Å². The van der Waals surface area contributed by atoms with Crippen molar-refractivity contribution in [1.82, 2.24) is 29.9 Å². The van der Waals surface area contributed by atoms with Crippen LogP contribution >= 0.6 is 22.7 Å². The van der Waals surface area contributed by atoms with Gasteiger partial charge in [-0.05, 0) is 36.1 Å². The molecule has 0 bridgehead atoms. The van der Waals surface area contributed by atoms with Crippen LogP contribution in [-0.2, 0) is 12.8 Å². The summed E-state index contributed by atoms with van der Waals surface area (Å²) in [6.07, 6.45) is 4.01. The molecule has 6 rings (SSSR count). The number of phenolic OH excluding ortho intramolecular Hbond substituents is 1. The van der Waals surface area contributed by atoms with Crippen LogP contribution in [0.3, 0.4) is 0 Å². The highest BCUT2D eigenvalue weighted by atomic mass is 32.1. The van der Waals surface area contributed by atoms with Gasteiger partial charge in [-0.3, -0.25) is 0 Å². The second kappa shape index (κ2) is 13.2. The molecule has 0 saturated carbocycles. The zero-order valence-electron chi connectivity index (χ0n) is 21.7. The van der Waals surface area contributed by atoms with Gasteiger partial charge in [-0.15, -0.1) is 22.7 Å². The zero-order chi connectivity index (χ0) is 28.6. The van der Waals surface area contributed by atoms with Crippen LogP contribution in [0, 0.1) is 11.6 Å². The minimum absolute atomic E-state index is 0.0702. The van der Waals surface area contributed by atoms with Crippen LogP contribution < -0.4 is 15.4 Å². The average molecular weight is 595 g/mol. The van der Waals surface area contributed by atoms with Gasteiger partial charge in [-0.1, -0.05) is 12.1 Å². The zero-order valence-corrected chi connectivity index (χ0v) is 23.3. The number of fused-ring (bicyclic) bond motifs is 2. The number of thiazole rings is 2. The Kier molecular flexibility index (Phi) is 9.01. The maximum Gasteiger partial charge on any atom is 0.156 e. The lowest BCUT2D eigenvalue weighted by molar-refractivity contribution is 0.410. The van der Waals surface area contributed by atoms with Gasteiger partial charge in [0.05, 0.1) is 18.1 Å². The number of aromatic hydroxyl groups is 1. The van der Waals surface area contributed by atoms with Crippen LogP contribution in [0.15, 0.2) is 60.1 Å². The van der Waals surface area contributed by atoms with E-state index in [1.807, 2.05) is 0 Å². The fourth-order valence-corrected chi connectivity index (χ4v) is 5.13. The highest BCUT2D eigenvalue weighted by Gasteiger charge is 2.09. The molecule has 0 aliphatic rings. The molecule has 2 aromatic carbocycles. The lowest BCUT2D eigenvalue weighted by Crippen LogP contribution is -2.08. The summed E-state index contributed by atoms with van der Waals surface area (Å²) in [5.74, 6) is 1.10. The summed E-state index contributed by atoms with van der Waals surface area (Å²) >= 11 is 2.91. The van der Waals surface area contributed by atoms with Crippen LogP contribution in [-0.4, -0.2) is 55.2 Å². The standard InChI is InChI=1S/C14H13FN4OS.C13H11FN4OS/c1-20-10-3-2-9(11(15)6-10)4-5-16-13-12-14(18-7-17-13)21-8-19-12;14-10-5-9(19)2-1-8(10)3-4-15-12-11-13(17-6-16-12)20-7-18-11/h2-3,6-8H,4-5H2,1H3,(H,16,17,18);1-2,5-7,19H,3-4H2,(H,15,16,17). The fourth-order valence-electron chi connectivity index (χ4n) is 3.88. The molecule has 0 aliphatic carbocycles. The van der Waals surface area contributed by atoms with E-state index in [0.717, 1.165) is 26.8 Å². The molecule has 10 nitrogen and oxygen atoms in total. The van der Waals surface area contributed by atoms with Crippen molar-refractivity contribution in [3.8, 4) is 11.5 Å². The molecule has 14 heteroatoms. The summed E-state index contributed by atoms with van der Waals surface area (Å²) in [6, 6.07) is 9.03. The predicted molar refractivity (Wildman–Crippen MR) is 156 cm³/mol. The second-order valence-corrected chi connectivity index (χ2v) is 10.2. The smallest absolute Gasteiger partial charge is 0.156 e. The number of benzene rings is 2. The van der Waals surface area contributed by atoms with Crippen LogP contribution in [0.2, 0.25) is 0 Å². The minimum Gasteiger partial charge on any atom is -0.508 e. The molecule has 0 radical (unpaired) electrons. The van der Waals surface area contributed by atoms with E-state index in [-0.39, 0.29) is 11.6 Å². The van der Waals surface area contributed by atoms with Crippen LogP contribution in [0.1, 0.15) is 11.1 Å². The Balaban J connectivity index is 0.000000165. The predicted octanol–water partition coefficient (Wildman–Crippen LogP) is 5.47. The third kappa shape index (κ3) is 6.96. The highest BCUT2D eigenvalue weighted by molar-refractivity contribution is 7.16. The highest BCUT2D eigenvalue weighted by Crippen LogP contribution is 2.22. The van der Waals surface area contributed by atoms with E-state index in [1.165, 1.54) is 54.6 Å². The Hall–Kier alpha value is -4.56. The van der Waals surface area contributed by atoms with Crippen molar-refractivity contribution in [2.24, 2.45) is 0 Å². The molecule has 0 amide bonds. The quantitative estimate of drug-likeness (QED) is 0.198. The van der Waals surface area contributed by atoms with Gasteiger partial charge >= 0.3 is 0 Å². The van der Waals surface area contributed by atoms with Crippen LogP contribution in [0.4, 0.5) is 20.4 Å². The molecule has 41 heavy (non-hydrogen) atoms. The number of hydrogen-bond acceptors (Lipinski definition) is 12. The number of nitrogens with zero attached hydrogens (tertiary/aromatic N) is 6. The van der Waals surface area contributed by atoms with Crippen LogP contribution in [0.25, 0.3) is 20.7 Å². The SMILES string of the molecule is COc1ccc(CCNc2ncnc3scnc23)c(F)c1.Oc1ccc(CCNc2ncnc3scnc23)c(F)c1. The van der Waals surface area contributed by atoms with Gasteiger partial charge in [0.25, 0.3) is 0 Å². The summed E-state index contributed by atoms with van der Waals surface area (Å²) in [4.78, 5) is 26.6. The lowest BCUT2D eigenvalue weighted by Gasteiger charge is -2.07. The molecule has 0 fully saturated rings. The topological polar surface area (TPSA) is 131 Å². The first-order valence-electron chi connectivity index (χ1n) is 12.4. The molecule has 0 atom stereocenters. The minimum atomic E-state index is -0.409. The number of methoxy groups -OCH3 is 1. The number of hydrogen-bond donors (Lipinski definition) is 3. The maximum atomic E-state index is 13.8. The van der Waals surface area contributed by atoms with E-state index < -0.39 is 5.82 Å². The molecular weight excluding hydrogens is 570 g/mol. The van der Waals surface area contributed by atoms with Gasteiger partial charge in [0.1, 0.15) is 56.5 Å².